The van der Waals surface area contributed by atoms with Gasteiger partial charge in [0.25, 0.3) is 0 Å². The first-order chi connectivity index (χ1) is 15.8. The predicted molar refractivity (Wildman–Crippen MR) is 126 cm³/mol. The van der Waals surface area contributed by atoms with Crippen LogP contribution in [0, 0.1) is 34.0 Å². The molecule has 9 atom stereocenters. The van der Waals surface area contributed by atoms with Crippen LogP contribution in [0.1, 0.15) is 87.0 Å². The molecule has 0 aromatic carbocycles. The standard InChI is InChI=1S/C27H45NO6/c1-24(2,3)15-31-22-20(17-12-13-26(22,6)25(17,4)5)32-19-14-16-10-9-11-18-21(23(29)30-8)34-28(33-19)27(16,18)7/h16-22H,9-15H2,1-8H3/t16-,17+,18-,19-,20+,21-,22+,26-,27+/m0/s1. The molecule has 5 rings (SSSR count). The zero-order valence-electron chi connectivity index (χ0n) is 22.4. The smallest absolute Gasteiger partial charge is 0.337 e. The van der Waals surface area contributed by atoms with Gasteiger partial charge in [0, 0.05) is 17.8 Å². The lowest BCUT2D eigenvalue weighted by Crippen LogP contribution is -2.59. The van der Waals surface area contributed by atoms with Gasteiger partial charge in [-0.05, 0) is 55.3 Å². The van der Waals surface area contributed by atoms with Crippen molar-refractivity contribution in [3.63, 3.8) is 0 Å². The van der Waals surface area contributed by atoms with E-state index in [0.29, 0.717) is 18.4 Å². The molecule has 0 N–H and O–H groups in total. The molecule has 5 aliphatic rings. The number of fused-ring (bicyclic) bond motifs is 2. The van der Waals surface area contributed by atoms with Gasteiger partial charge in [0.05, 0.1) is 31.5 Å². The summed E-state index contributed by atoms with van der Waals surface area (Å²) >= 11 is 0. The van der Waals surface area contributed by atoms with Crippen molar-refractivity contribution in [1.29, 1.82) is 0 Å². The molecule has 0 spiro atoms. The van der Waals surface area contributed by atoms with E-state index in [4.69, 9.17) is 23.9 Å². The van der Waals surface area contributed by atoms with Crippen LogP contribution in [0.2, 0.25) is 0 Å². The van der Waals surface area contributed by atoms with Crippen molar-refractivity contribution in [1.82, 2.24) is 5.23 Å². The van der Waals surface area contributed by atoms with E-state index in [-0.39, 0.29) is 45.9 Å². The number of carbonyl (C=O) groups excluding carboxylic acids is 1. The quantitative estimate of drug-likeness (QED) is 0.521. The molecule has 3 saturated carbocycles. The zero-order chi connectivity index (χ0) is 24.7. The van der Waals surface area contributed by atoms with Crippen LogP contribution in [0.4, 0.5) is 0 Å². The lowest BCUT2D eigenvalue weighted by molar-refractivity contribution is -0.467. The van der Waals surface area contributed by atoms with Crippen LogP contribution >= 0.6 is 0 Å². The predicted octanol–water partition coefficient (Wildman–Crippen LogP) is 4.88. The summed E-state index contributed by atoms with van der Waals surface area (Å²) in [5.41, 5.74) is -0.0231. The van der Waals surface area contributed by atoms with Gasteiger partial charge in [0.15, 0.2) is 12.4 Å². The van der Waals surface area contributed by atoms with E-state index in [9.17, 15) is 4.79 Å². The number of esters is 1. The molecule has 2 aliphatic heterocycles. The Morgan fingerprint density at radius 3 is 2.47 bits per heavy atom. The summed E-state index contributed by atoms with van der Waals surface area (Å²) in [6.45, 7) is 16.7. The number of hydrogen-bond donors (Lipinski definition) is 0. The maximum atomic E-state index is 12.5. The van der Waals surface area contributed by atoms with Gasteiger partial charge in [-0.15, -0.1) is 0 Å². The fraction of sp³-hybridized carbons (Fsp3) is 0.963. The fourth-order valence-electron chi connectivity index (χ4n) is 7.96. The van der Waals surface area contributed by atoms with E-state index in [1.807, 2.05) is 0 Å². The van der Waals surface area contributed by atoms with Crippen molar-refractivity contribution < 1.29 is 28.7 Å². The van der Waals surface area contributed by atoms with Crippen LogP contribution in [-0.2, 0) is 28.7 Å². The van der Waals surface area contributed by atoms with Gasteiger partial charge in [-0.1, -0.05) is 53.2 Å². The Morgan fingerprint density at radius 2 is 1.79 bits per heavy atom. The summed E-state index contributed by atoms with van der Waals surface area (Å²) in [7, 11) is 1.42. The van der Waals surface area contributed by atoms with E-state index >= 15 is 0 Å². The number of rotatable bonds is 5. The lowest BCUT2D eigenvalue weighted by atomic mass is 9.64. The first-order valence-electron chi connectivity index (χ1n) is 13.3. The largest absolute Gasteiger partial charge is 0.467 e. The third kappa shape index (κ3) is 3.52. The number of ether oxygens (including phenoxy) is 3. The molecule has 7 heteroatoms. The summed E-state index contributed by atoms with van der Waals surface area (Å²) in [6.07, 6.45) is 5.26. The van der Waals surface area contributed by atoms with Gasteiger partial charge in [-0.25, -0.2) is 9.63 Å². The highest BCUT2D eigenvalue weighted by molar-refractivity contribution is 5.75. The highest BCUT2D eigenvalue weighted by Crippen LogP contribution is 2.67. The number of hydrogen-bond acceptors (Lipinski definition) is 7. The minimum absolute atomic E-state index is 0.0103. The molecule has 34 heavy (non-hydrogen) atoms. The Kier molecular flexibility index (Phi) is 5.97. The third-order valence-electron chi connectivity index (χ3n) is 10.4. The van der Waals surface area contributed by atoms with Crippen molar-refractivity contribution in [2.24, 2.45) is 34.0 Å². The second-order valence-electron chi connectivity index (χ2n) is 13.7. The molecule has 0 radical (unpaired) electrons. The summed E-state index contributed by atoms with van der Waals surface area (Å²) in [4.78, 5) is 24.9. The molecule has 5 fully saturated rings. The molecule has 2 heterocycles. The van der Waals surface area contributed by atoms with Crippen molar-refractivity contribution in [3.8, 4) is 0 Å². The topological polar surface area (TPSA) is 66.5 Å². The van der Waals surface area contributed by atoms with Crippen molar-refractivity contribution in [2.45, 2.75) is 117 Å². The maximum Gasteiger partial charge on any atom is 0.337 e. The van der Waals surface area contributed by atoms with Crippen LogP contribution in [0.5, 0.6) is 0 Å². The highest BCUT2D eigenvalue weighted by Gasteiger charge is 2.69. The van der Waals surface area contributed by atoms with Gasteiger partial charge < -0.3 is 14.2 Å². The highest BCUT2D eigenvalue weighted by atomic mass is 17.0. The van der Waals surface area contributed by atoms with Crippen LogP contribution in [0.15, 0.2) is 0 Å². The Balaban J connectivity index is 1.37. The van der Waals surface area contributed by atoms with Gasteiger partial charge in [0.2, 0.25) is 0 Å². The molecule has 0 unspecified atom stereocenters. The van der Waals surface area contributed by atoms with Gasteiger partial charge in [-0.3, -0.25) is 4.84 Å². The average Bonchev–Trinajstić information content (AvgIpc) is 3.22. The van der Waals surface area contributed by atoms with Crippen LogP contribution in [0.25, 0.3) is 0 Å². The van der Waals surface area contributed by atoms with E-state index < -0.39 is 12.4 Å². The second kappa shape index (κ2) is 8.14. The molecular formula is C27H45NO6. The maximum absolute atomic E-state index is 12.5. The number of carbonyl (C=O) groups is 1. The van der Waals surface area contributed by atoms with Crippen LogP contribution in [0.3, 0.4) is 0 Å². The Bertz CT molecular complexity index is 809. The Morgan fingerprint density at radius 1 is 1.06 bits per heavy atom. The average molecular weight is 480 g/mol. The molecule has 0 amide bonds. The lowest BCUT2D eigenvalue weighted by Gasteiger charge is -2.51. The first kappa shape index (κ1) is 24.9. The second-order valence-corrected chi connectivity index (χ2v) is 13.7. The molecule has 2 saturated heterocycles. The van der Waals surface area contributed by atoms with Crippen LogP contribution in [-0.4, -0.2) is 55.1 Å². The molecule has 7 nitrogen and oxygen atoms in total. The zero-order valence-corrected chi connectivity index (χ0v) is 22.4. The van der Waals surface area contributed by atoms with E-state index in [1.165, 1.54) is 13.5 Å². The first-order valence-corrected chi connectivity index (χ1v) is 13.3. The summed E-state index contributed by atoms with van der Waals surface area (Å²) in [5, 5.41) is 1.61. The number of hydroxylamine groups is 2. The van der Waals surface area contributed by atoms with E-state index in [2.05, 4.69) is 48.5 Å². The molecule has 0 aromatic rings. The van der Waals surface area contributed by atoms with Crippen molar-refractivity contribution in [2.75, 3.05) is 13.7 Å². The molecular weight excluding hydrogens is 434 g/mol. The van der Waals surface area contributed by atoms with Gasteiger partial charge in [-0.2, -0.15) is 0 Å². The van der Waals surface area contributed by atoms with Crippen molar-refractivity contribution >= 4 is 5.97 Å². The monoisotopic (exact) mass is 479 g/mol. The number of methoxy groups -OCH3 is 1. The summed E-state index contributed by atoms with van der Waals surface area (Å²) in [5.74, 6) is 0.528. The Hall–Kier alpha value is -0.730. The minimum Gasteiger partial charge on any atom is -0.467 e. The van der Waals surface area contributed by atoms with E-state index in [1.54, 1.807) is 5.23 Å². The molecule has 194 valence electrons. The molecule has 3 aliphatic carbocycles. The normalized spacial score (nSPS) is 47.6. The summed E-state index contributed by atoms with van der Waals surface area (Å²) in [6, 6.07) is 0. The van der Waals surface area contributed by atoms with Crippen molar-refractivity contribution in [3.05, 3.63) is 0 Å². The summed E-state index contributed by atoms with van der Waals surface area (Å²) < 4.78 is 18.6. The fourth-order valence-corrected chi connectivity index (χ4v) is 7.96. The molecule has 0 aromatic heterocycles. The van der Waals surface area contributed by atoms with Gasteiger partial charge >= 0.3 is 5.97 Å². The Labute approximate surface area is 205 Å². The van der Waals surface area contributed by atoms with Gasteiger partial charge in [0.1, 0.15) is 0 Å². The SMILES string of the molecule is COC(=O)[C@H]1ON2O[C@H](O[C@@H]3[C@H]4CC[C@@](C)([C@@H]3OCC(C)(C)C)C4(C)C)C[C@@H]3CCC[C@@H]1[C@@]32C. The van der Waals surface area contributed by atoms with Crippen LogP contribution < -0.4 is 0 Å². The number of nitrogens with zero attached hydrogens (tertiary/aromatic N) is 1. The molecule has 2 bridgehead atoms. The van der Waals surface area contributed by atoms with E-state index in [0.717, 1.165) is 32.1 Å². The minimum atomic E-state index is -0.611. The third-order valence-corrected chi connectivity index (χ3v) is 10.4.